The van der Waals surface area contributed by atoms with Crippen LogP contribution in [0.4, 0.5) is 0 Å². The minimum atomic E-state index is 0.482. The third-order valence-electron chi connectivity index (χ3n) is 0.830. The van der Waals surface area contributed by atoms with Gasteiger partial charge in [-0.25, -0.2) is 0 Å². The topological polar surface area (TPSA) is 46.5 Å². The molecule has 0 rings (SSSR count). The van der Waals surface area contributed by atoms with Crippen molar-refractivity contribution in [1.29, 1.82) is 0 Å². The van der Waals surface area contributed by atoms with Gasteiger partial charge in [-0.3, -0.25) is 4.79 Å². The Morgan fingerprint density at radius 2 is 2.33 bits per heavy atom. The van der Waals surface area contributed by atoms with E-state index in [9.17, 15) is 4.79 Å². The Morgan fingerprint density at radius 1 is 1.67 bits per heavy atom. The van der Waals surface area contributed by atoms with Gasteiger partial charge in [0, 0.05) is 0 Å². The zero-order valence-electron chi connectivity index (χ0n) is 7.05. The number of aliphatic hydroxyl groups is 1. The van der Waals surface area contributed by atoms with Crippen molar-refractivity contribution in [3.8, 4) is 12.0 Å². The molecule has 0 atom stereocenters. The van der Waals surface area contributed by atoms with Gasteiger partial charge in [0.25, 0.3) is 6.47 Å². The van der Waals surface area contributed by atoms with E-state index in [1.54, 1.807) is 6.11 Å². The molecule has 0 aromatic heterocycles. The Bertz CT molecular complexity index is 137. The van der Waals surface area contributed by atoms with E-state index in [0.717, 1.165) is 12.8 Å². The second-order valence-electron chi connectivity index (χ2n) is 1.74. The Hall–Kier alpha value is -0.440. The van der Waals surface area contributed by atoms with E-state index in [4.69, 9.17) is 5.11 Å². The number of hydrogen-bond acceptors (Lipinski definition) is 3. The largest absolute Gasteiger partial charge is 0.468 e. The number of ether oxygens (including phenoxy) is 1. The smallest absolute Gasteiger partial charge is 0.293 e. The quantitative estimate of drug-likeness (QED) is 0.281. The molecule has 3 nitrogen and oxygen atoms in total. The minimum absolute atomic E-state index is 0.482. The fourth-order valence-electron chi connectivity index (χ4n) is 0.306. The van der Waals surface area contributed by atoms with E-state index < -0.39 is 0 Å². The maximum atomic E-state index is 9.46. The molecular weight excluding hydrogens is 271 g/mol. The van der Waals surface area contributed by atoms with Gasteiger partial charge in [0.2, 0.25) is 0 Å². The van der Waals surface area contributed by atoms with Crippen molar-refractivity contribution in [1.82, 2.24) is 0 Å². The van der Waals surface area contributed by atoms with Crippen LogP contribution in [-0.4, -0.2) is 22.6 Å². The van der Waals surface area contributed by atoms with Crippen molar-refractivity contribution in [2.45, 2.75) is 19.8 Å². The molecule has 0 aromatic carbocycles. The molecule has 0 radical (unpaired) electrons. The summed E-state index contributed by atoms with van der Waals surface area (Å²) in [6, 6.07) is 0. The maximum absolute atomic E-state index is 9.46. The van der Waals surface area contributed by atoms with Crippen LogP contribution in [0.2, 0.25) is 0 Å². The molecule has 0 spiro atoms. The highest BCUT2D eigenvalue weighted by Gasteiger charge is 1.78. The average molecular weight is 284 g/mol. The molecule has 0 saturated carbocycles. The molecule has 0 saturated heterocycles. The standard InChI is InChI=1S/C5H10O2.C3H3IO/c1-2-3-4-7-5-6;4-2-1-3-5/h5H,2-4H2,1H3;5H,2H2. The Kier molecular flexibility index (Phi) is 19.8. The van der Waals surface area contributed by atoms with E-state index in [-0.39, 0.29) is 0 Å². The van der Waals surface area contributed by atoms with Crippen LogP contribution in [0.3, 0.4) is 0 Å². The molecule has 0 unspecified atom stereocenters. The van der Waals surface area contributed by atoms with Crippen LogP contribution < -0.4 is 0 Å². The third kappa shape index (κ3) is 22.7. The van der Waals surface area contributed by atoms with Crippen molar-refractivity contribution < 1.29 is 14.6 Å². The number of hydrogen-bond donors (Lipinski definition) is 1. The molecule has 0 heterocycles. The van der Waals surface area contributed by atoms with E-state index in [0.29, 0.717) is 17.5 Å². The number of unbranched alkanes of at least 4 members (excludes halogenated alkanes) is 1. The van der Waals surface area contributed by atoms with Crippen LogP contribution in [0, 0.1) is 12.0 Å². The average Bonchev–Trinajstić information content (AvgIpc) is 2.08. The zero-order valence-corrected chi connectivity index (χ0v) is 9.20. The number of carbonyl (C=O) groups excluding carboxylic acids is 1. The van der Waals surface area contributed by atoms with Gasteiger partial charge in [0.1, 0.15) is 6.11 Å². The number of halogens is 1. The minimum Gasteiger partial charge on any atom is -0.468 e. The fraction of sp³-hybridized carbons (Fsp3) is 0.625. The van der Waals surface area contributed by atoms with E-state index in [2.05, 4.69) is 33.2 Å². The predicted octanol–water partition coefficient (Wildman–Crippen LogP) is 1.71. The Morgan fingerprint density at radius 3 is 2.58 bits per heavy atom. The lowest BCUT2D eigenvalue weighted by Gasteiger charge is -1.90. The van der Waals surface area contributed by atoms with Crippen LogP contribution in [0.25, 0.3) is 0 Å². The monoisotopic (exact) mass is 284 g/mol. The van der Waals surface area contributed by atoms with Gasteiger partial charge in [-0.1, -0.05) is 35.9 Å². The lowest BCUT2D eigenvalue weighted by molar-refractivity contribution is -0.128. The first kappa shape index (κ1) is 14.1. The summed E-state index contributed by atoms with van der Waals surface area (Å²) in [6.45, 7) is 3.10. The third-order valence-corrected chi connectivity index (χ3v) is 1.21. The number of carbonyl (C=O) groups is 1. The van der Waals surface area contributed by atoms with Gasteiger partial charge >= 0.3 is 0 Å². The second-order valence-corrected chi connectivity index (χ2v) is 2.51. The van der Waals surface area contributed by atoms with Crippen LogP contribution in [-0.2, 0) is 9.53 Å². The van der Waals surface area contributed by atoms with Crippen LogP contribution >= 0.6 is 22.6 Å². The highest BCUT2D eigenvalue weighted by molar-refractivity contribution is 14.1. The first-order chi connectivity index (χ1) is 5.83. The van der Waals surface area contributed by atoms with Gasteiger partial charge in [0.05, 0.1) is 11.0 Å². The van der Waals surface area contributed by atoms with Crippen LogP contribution in [0.5, 0.6) is 0 Å². The van der Waals surface area contributed by atoms with Crippen molar-refractivity contribution in [2.24, 2.45) is 0 Å². The van der Waals surface area contributed by atoms with Gasteiger partial charge < -0.3 is 9.84 Å². The molecule has 0 amide bonds. The van der Waals surface area contributed by atoms with Gasteiger partial charge in [-0.05, 0) is 12.3 Å². The lowest BCUT2D eigenvalue weighted by Crippen LogP contribution is -1.88. The van der Waals surface area contributed by atoms with Gasteiger partial charge in [0.15, 0.2) is 0 Å². The summed E-state index contributed by atoms with van der Waals surface area (Å²) in [5.74, 6) is 2.40. The summed E-state index contributed by atoms with van der Waals surface area (Å²) in [5, 5.41) is 7.70. The molecule has 0 bridgehead atoms. The number of rotatable bonds is 4. The SMILES string of the molecule is CCCCOC=O.OC#CCI. The number of alkyl halides is 1. The molecule has 70 valence electrons. The van der Waals surface area contributed by atoms with Crippen LogP contribution in [0.1, 0.15) is 19.8 Å². The number of aliphatic hydroxyl groups excluding tert-OH is 1. The van der Waals surface area contributed by atoms with Gasteiger partial charge in [-0.15, -0.1) is 0 Å². The molecule has 4 heteroatoms. The Labute approximate surface area is 86.6 Å². The lowest BCUT2D eigenvalue weighted by atomic mass is 10.4. The molecule has 12 heavy (non-hydrogen) atoms. The summed E-state index contributed by atoms with van der Waals surface area (Å²) < 4.78 is 5.10. The molecule has 0 aromatic rings. The van der Waals surface area contributed by atoms with E-state index in [1.807, 2.05) is 6.92 Å². The molecule has 0 aliphatic rings. The molecule has 1 N–H and O–H groups in total. The Balaban J connectivity index is 0. The van der Waals surface area contributed by atoms with Crippen molar-refractivity contribution >= 4 is 29.1 Å². The van der Waals surface area contributed by atoms with E-state index >= 15 is 0 Å². The van der Waals surface area contributed by atoms with Gasteiger partial charge in [-0.2, -0.15) is 0 Å². The van der Waals surface area contributed by atoms with Crippen molar-refractivity contribution in [3.63, 3.8) is 0 Å². The molecule has 0 aliphatic carbocycles. The van der Waals surface area contributed by atoms with Crippen molar-refractivity contribution in [3.05, 3.63) is 0 Å². The summed E-state index contributed by atoms with van der Waals surface area (Å²) in [7, 11) is 0. The molecule has 0 aliphatic heterocycles. The highest BCUT2D eigenvalue weighted by atomic mass is 127. The summed E-state index contributed by atoms with van der Waals surface area (Å²) in [5.41, 5.74) is 0. The zero-order chi connectivity index (χ0) is 9.66. The summed E-state index contributed by atoms with van der Waals surface area (Å²) in [4.78, 5) is 9.46. The maximum Gasteiger partial charge on any atom is 0.293 e. The van der Waals surface area contributed by atoms with Crippen molar-refractivity contribution in [2.75, 3.05) is 11.0 Å². The highest BCUT2D eigenvalue weighted by Crippen LogP contribution is 1.83. The second kappa shape index (κ2) is 16.9. The molecular formula is C8H13IO3. The first-order valence-corrected chi connectivity index (χ1v) is 5.09. The summed E-state index contributed by atoms with van der Waals surface area (Å²) >= 11 is 2.05. The normalized spacial score (nSPS) is 6.83. The first-order valence-electron chi connectivity index (χ1n) is 3.56. The predicted molar refractivity (Wildman–Crippen MR) is 55.5 cm³/mol. The summed E-state index contributed by atoms with van der Waals surface area (Å²) in [6.07, 6.45) is 3.81. The van der Waals surface area contributed by atoms with E-state index in [1.165, 1.54) is 0 Å². The molecule has 0 fully saturated rings. The fourth-order valence-corrected chi connectivity index (χ4v) is 0.476. The van der Waals surface area contributed by atoms with Crippen LogP contribution in [0.15, 0.2) is 0 Å².